The van der Waals surface area contributed by atoms with Crippen LogP contribution in [0.2, 0.25) is 0 Å². The average molecular weight is 1400 g/mol. The minimum Gasteiger partial charge on any atom is -0.507 e. The van der Waals surface area contributed by atoms with Crippen molar-refractivity contribution in [3.8, 4) is 5.75 Å². The van der Waals surface area contributed by atoms with Gasteiger partial charge in [-0.2, -0.15) is 0 Å². The summed E-state index contributed by atoms with van der Waals surface area (Å²) in [4.78, 5) is 145. The number of aliphatic carboxylic acids is 1. The molecule has 1 aliphatic rings. The van der Waals surface area contributed by atoms with Gasteiger partial charge in [0.2, 0.25) is 35.4 Å². The number of rotatable bonds is 40. The zero-order chi connectivity index (χ0) is 74.7. The highest BCUT2D eigenvalue weighted by Crippen LogP contribution is 2.31. The average Bonchev–Trinajstić information content (AvgIpc) is 1.69. The summed E-state index contributed by atoms with van der Waals surface area (Å²) >= 11 is 0. The Labute approximate surface area is 587 Å². The number of aliphatic hydroxyl groups excluding tert-OH is 1. The van der Waals surface area contributed by atoms with Crippen LogP contribution >= 0.6 is 0 Å². The number of amides is 10. The van der Waals surface area contributed by atoms with Gasteiger partial charge in [-0.15, -0.1) is 0 Å². The molecular weight excluding hydrogens is 1290 g/mol. The summed E-state index contributed by atoms with van der Waals surface area (Å²) < 4.78 is 17.8. The summed E-state index contributed by atoms with van der Waals surface area (Å²) in [6, 6.07) is 11.9. The topological polar surface area (TPSA) is 401 Å². The van der Waals surface area contributed by atoms with Gasteiger partial charge in [0.15, 0.2) is 6.61 Å². The summed E-state index contributed by atoms with van der Waals surface area (Å²) in [5, 5.41) is 53.5. The molecule has 0 spiro atoms. The predicted molar refractivity (Wildman–Crippen MR) is 375 cm³/mol. The molecule has 0 saturated carbocycles. The van der Waals surface area contributed by atoms with E-state index in [0.717, 1.165) is 11.1 Å². The Kier molecular flexibility index (Phi) is 34.2. The van der Waals surface area contributed by atoms with E-state index in [1.54, 1.807) is 110 Å². The summed E-state index contributed by atoms with van der Waals surface area (Å²) in [7, 11) is 7.56. The first-order valence-electron chi connectivity index (χ1n) is 34.1. The van der Waals surface area contributed by atoms with Crippen molar-refractivity contribution in [2.75, 3.05) is 60.4 Å². The molecular formula is C71H108N12O17. The van der Waals surface area contributed by atoms with E-state index < -0.39 is 145 Å². The fourth-order valence-corrected chi connectivity index (χ4v) is 12.2. The highest BCUT2D eigenvalue weighted by Gasteiger charge is 2.44. The number of carboxylic acids is 1. The Hall–Kier alpha value is -8.93. The number of ether oxygens (including phenoxy) is 3. The van der Waals surface area contributed by atoms with Gasteiger partial charge in [-0.05, 0) is 111 Å². The van der Waals surface area contributed by atoms with Crippen LogP contribution in [0.15, 0.2) is 78.0 Å². The van der Waals surface area contributed by atoms with Gasteiger partial charge in [0.1, 0.15) is 42.6 Å². The number of anilines is 1. The van der Waals surface area contributed by atoms with Crippen molar-refractivity contribution in [3.05, 3.63) is 95.1 Å². The smallest absolute Gasteiger partial charge is 0.410 e. The second-order valence-electron chi connectivity index (χ2n) is 26.6. The fraction of sp³-hybridized carbons (Fsp3) is 0.592. The van der Waals surface area contributed by atoms with Crippen molar-refractivity contribution >= 4 is 71.3 Å². The third-order valence-corrected chi connectivity index (χ3v) is 18.2. The highest BCUT2D eigenvalue weighted by atomic mass is 16.6. The molecule has 1 saturated heterocycles. The molecule has 1 unspecified atom stereocenters. The van der Waals surface area contributed by atoms with Crippen LogP contribution in [-0.4, -0.2) is 211 Å². The van der Waals surface area contributed by atoms with Gasteiger partial charge in [0.25, 0.3) is 5.91 Å². The van der Waals surface area contributed by atoms with Crippen molar-refractivity contribution in [3.63, 3.8) is 0 Å². The highest BCUT2D eigenvalue weighted by molar-refractivity contribution is 5.99. The van der Waals surface area contributed by atoms with Crippen LogP contribution in [0.4, 0.5) is 15.3 Å². The van der Waals surface area contributed by atoms with E-state index in [-0.39, 0.29) is 67.9 Å². The maximum atomic E-state index is 14.8. The Bertz CT molecular complexity index is 3210. The molecule has 100 heavy (non-hydrogen) atoms. The standard InChI is InChI=1S/C71H108N12O17/c1-16-43(8)61(55(97-14)36-57(86)83-33-21-25-53(83)63(98-15)44(9)64(88)76-45(10)62(87)48-22-18-17-19-23-48)81(12)68(92)59(41(4)5)80-67(91)60(42(6)7)82(13)71(96)99-38-46-26-29-50(30-27-46)77-65(89)51(24-20-32-74-70(72)95)78-66(90)58(40(2)3)79-56(85)39-100-75-37-49-34-47(28-31-54(49)84)35-52(73-11)69(93)94/h17-19,22-23,26-31,34,37,40-45,51-53,55,58-63,73,84,87H,16,20-21,24-25,32-33,35-36,38-39H2,1-15H3,(H,76,88)(H,77,89)(H,78,90)(H,79,85)(H,80,91)(H,93,94)(H3,72,74,95)/b75-37+/t43-,44+,45+,51-,52-,53-,55+,58-,59-,60?,61-,62+,63+/m0/s1. The minimum atomic E-state index is -1.19. The molecule has 3 aromatic carbocycles. The molecule has 29 heteroatoms. The first-order valence-corrected chi connectivity index (χ1v) is 34.1. The van der Waals surface area contributed by atoms with Gasteiger partial charge in [-0.25, -0.2) is 9.59 Å². The van der Waals surface area contributed by atoms with Crippen LogP contribution in [0, 0.1) is 29.6 Å². The molecule has 0 radical (unpaired) electrons. The number of aromatic hydroxyl groups is 1. The first-order chi connectivity index (χ1) is 47.3. The summed E-state index contributed by atoms with van der Waals surface area (Å²) in [6.07, 6.45) is 0.00574. The number of nitrogens with zero attached hydrogens (tertiary/aromatic N) is 4. The minimum absolute atomic E-state index is 0.0288. The lowest BCUT2D eigenvalue weighted by atomic mass is 9.89. The van der Waals surface area contributed by atoms with Crippen LogP contribution in [0.1, 0.15) is 136 Å². The molecule has 4 rings (SSSR count). The monoisotopic (exact) mass is 1400 g/mol. The summed E-state index contributed by atoms with van der Waals surface area (Å²) in [6.45, 7) is 17.5. The van der Waals surface area contributed by atoms with Gasteiger partial charge in [0, 0.05) is 52.7 Å². The second kappa shape index (κ2) is 41.0. The number of nitrogens with one attached hydrogen (secondary N) is 7. The predicted octanol–water partition coefficient (Wildman–Crippen LogP) is 4.56. The molecule has 0 aliphatic carbocycles. The van der Waals surface area contributed by atoms with E-state index in [2.05, 4.69) is 42.4 Å². The van der Waals surface area contributed by atoms with Crippen molar-refractivity contribution in [2.45, 2.75) is 187 Å². The molecule has 1 fully saturated rings. The first kappa shape index (κ1) is 83.5. The number of nitrogens with two attached hydrogens (primary N) is 1. The number of likely N-dealkylation sites (N-methyl/N-ethyl adjacent to an activating group) is 3. The summed E-state index contributed by atoms with van der Waals surface area (Å²) in [5.74, 6) is -7.20. The number of benzene rings is 3. The van der Waals surface area contributed by atoms with Crippen molar-refractivity contribution in [2.24, 2.45) is 40.5 Å². The lowest BCUT2D eigenvalue weighted by Crippen LogP contribution is -2.60. The largest absolute Gasteiger partial charge is 0.507 e. The van der Waals surface area contributed by atoms with Crippen LogP contribution in [0.25, 0.3) is 0 Å². The summed E-state index contributed by atoms with van der Waals surface area (Å²) in [5.41, 5.74) is 7.49. The van der Waals surface area contributed by atoms with E-state index >= 15 is 0 Å². The normalized spacial score (nSPS) is 16.7. The molecule has 1 heterocycles. The van der Waals surface area contributed by atoms with E-state index in [1.165, 1.54) is 45.3 Å². The fourth-order valence-electron chi connectivity index (χ4n) is 12.2. The quantitative estimate of drug-likeness (QED) is 0.0211. The molecule has 12 N–H and O–H groups in total. The van der Waals surface area contributed by atoms with Gasteiger partial charge in [-0.3, -0.25) is 43.3 Å². The number of likely N-dealkylation sites (tertiary alicyclic amines) is 1. The lowest BCUT2D eigenvalue weighted by Gasteiger charge is -2.41. The molecule has 13 atom stereocenters. The third-order valence-electron chi connectivity index (χ3n) is 18.2. The number of carboxylic acid groups (broad SMARTS) is 1. The van der Waals surface area contributed by atoms with Gasteiger partial charge >= 0.3 is 18.1 Å². The van der Waals surface area contributed by atoms with Crippen LogP contribution < -0.4 is 43.0 Å². The van der Waals surface area contributed by atoms with Gasteiger partial charge in [0.05, 0.1) is 55.0 Å². The second-order valence-corrected chi connectivity index (χ2v) is 26.6. The molecule has 0 bridgehead atoms. The number of aliphatic hydroxyl groups is 1. The number of methoxy groups -OCH3 is 2. The van der Waals surface area contributed by atoms with E-state index in [4.69, 9.17) is 24.8 Å². The Morgan fingerprint density at radius 3 is 1.99 bits per heavy atom. The number of primary amides is 1. The van der Waals surface area contributed by atoms with Crippen molar-refractivity contribution < 1.29 is 82.3 Å². The maximum Gasteiger partial charge on any atom is 0.410 e. The SMILES string of the molecule is CC[C@H](C)[C@@H]([C@@H](CC(=O)N1CCC[C@H]1[C@H](OC)[C@@H](C)C(=O)N[C@H](C)[C@@H](O)c1ccccc1)OC)N(C)C(=O)[C@@H](NC(=O)C(C(C)C)N(C)C(=O)OCc1ccc(NC(=O)[C@H](CCCNC(N)=O)NC(=O)[C@@H](NC(=O)CO/N=C/c2cc(C[C@H](NC)C(=O)O)ccc2O)C(C)C)cc1)C(C)C. The van der Waals surface area contributed by atoms with Crippen molar-refractivity contribution in [1.29, 1.82) is 0 Å². The van der Waals surface area contributed by atoms with E-state index in [1.807, 2.05) is 32.0 Å². The third kappa shape index (κ3) is 24.8. The Morgan fingerprint density at radius 1 is 0.760 bits per heavy atom. The maximum absolute atomic E-state index is 14.8. The Balaban J connectivity index is 1.39. The number of carbonyl (C=O) groups is 10. The zero-order valence-electron chi connectivity index (χ0n) is 60.4. The molecule has 554 valence electrons. The van der Waals surface area contributed by atoms with Gasteiger partial charge < -0.3 is 87.1 Å². The number of urea groups is 1. The number of hydrogen-bond donors (Lipinski definition) is 11. The molecule has 1 aliphatic heterocycles. The number of oxime groups is 1. The number of phenols is 1. The van der Waals surface area contributed by atoms with Crippen LogP contribution in [0.3, 0.4) is 0 Å². The van der Waals surface area contributed by atoms with Crippen molar-refractivity contribution in [1.82, 2.24) is 46.6 Å². The van der Waals surface area contributed by atoms with Gasteiger partial charge in [-0.1, -0.05) is 122 Å². The molecule has 3 aromatic rings. The van der Waals surface area contributed by atoms with E-state index in [0.29, 0.717) is 48.2 Å². The zero-order valence-corrected chi connectivity index (χ0v) is 60.4. The van der Waals surface area contributed by atoms with Crippen LogP contribution in [0.5, 0.6) is 5.75 Å². The lowest BCUT2D eigenvalue weighted by molar-refractivity contribution is -0.148. The Morgan fingerprint density at radius 2 is 1.41 bits per heavy atom. The number of carbonyl (C=O) groups excluding carboxylic acids is 9. The molecule has 29 nitrogen and oxygen atoms in total. The van der Waals surface area contributed by atoms with Crippen LogP contribution in [-0.2, 0) is 70.4 Å². The number of hydrogen-bond acceptors (Lipinski definition) is 18. The van der Waals surface area contributed by atoms with E-state index in [9.17, 15) is 63.3 Å². The molecule has 0 aromatic heterocycles. The number of phenolic OH excluding ortho intramolecular Hbond substituents is 1. The molecule has 10 amide bonds.